The highest BCUT2D eigenvalue weighted by Gasteiger charge is 2.12. The van der Waals surface area contributed by atoms with Crippen LogP contribution < -0.4 is 15.8 Å². The second-order valence-corrected chi connectivity index (χ2v) is 4.06. The molecular formula is C13H20N2O4. The summed E-state index contributed by atoms with van der Waals surface area (Å²) < 4.78 is 10.3. The van der Waals surface area contributed by atoms with Gasteiger partial charge < -0.3 is 25.6 Å². The SMILES string of the molecule is COCC(CCO)NC(=O)COc1ccccc1N. The van der Waals surface area contributed by atoms with Crippen molar-refractivity contribution in [1.29, 1.82) is 0 Å². The van der Waals surface area contributed by atoms with Gasteiger partial charge in [-0.25, -0.2) is 0 Å². The number of nitrogens with two attached hydrogens (primary N) is 1. The highest BCUT2D eigenvalue weighted by atomic mass is 16.5. The van der Waals surface area contributed by atoms with Gasteiger partial charge in [0.2, 0.25) is 0 Å². The van der Waals surface area contributed by atoms with Crippen LogP contribution in [0.5, 0.6) is 5.75 Å². The number of benzene rings is 1. The number of nitrogen functional groups attached to an aromatic ring is 1. The van der Waals surface area contributed by atoms with Gasteiger partial charge in [0.05, 0.1) is 18.3 Å². The standard InChI is InChI=1S/C13H20N2O4/c1-18-8-10(6-7-16)15-13(17)9-19-12-5-3-2-4-11(12)14/h2-5,10,16H,6-9,14H2,1H3,(H,15,17). The Kier molecular flexibility index (Phi) is 6.70. The summed E-state index contributed by atoms with van der Waals surface area (Å²) in [4.78, 5) is 11.7. The van der Waals surface area contributed by atoms with Gasteiger partial charge in [-0.2, -0.15) is 0 Å². The van der Waals surface area contributed by atoms with E-state index in [0.29, 0.717) is 24.5 Å². The number of rotatable bonds is 8. The van der Waals surface area contributed by atoms with Crippen molar-refractivity contribution in [3.05, 3.63) is 24.3 Å². The molecule has 6 heteroatoms. The van der Waals surface area contributed by atoms with Crippen molar-refractivity contribution in [2.24, 2.45) is 0 Å². The molecule has 0 radical (unpaired) electrons. The molecule has 0 aliphatic heterocycles. The van der Waals surface area contributed by atoms with Crippen LogP contribution in [0.4, 0.5) is 5.69 Å². The van der Waals surface area contributed by atoms with E-state index in [0.717, 1.165) is 0 Å². The zero-order valence-corrected chi connectivity index (χ0v) is 11.0. The summed E-state index contributed by atoms with van der Waals surface area (Å²) in [6.45, 7) is 0.209. The first-order valence-electron chi connectivity index (χ1n) is 6.03. The van der Waals surface area contributed by atoms with Crippen molar-refractivity contribution in [2.75, 3.05) is 32.7 Å². The van der Waals surface area contributed by atoms with Crippen molar-refractivity contribution in [3.63, 3.8) is 0 Å². The molecule has 1 aromatic carbocycles. The van der Waals surface area contributed by atoms with Crippen molar-refractivity contribution in [1.82, 2.24) is 5.32 Å². The fourth-order valence-corrected chi connectivity index (χ4v) is 1.58. The van der Waals surface area contributed by atoms with Gasteiger partial charge in [-0.3, -0.25) is 4.79 Å². The lowest BCUT2D eigenvalue weighted by molar-refractivity contribution is -0.124. The van der Waals surface area contributed by atoms with Crippen LogP contribution in [0.2, 0.25) is 0 Å². The number of para-hydroxylation sites is 2. The Labute approximate surface area is 112 Å². The van der Waals surface area contributed by atoms with Gasteiger partial charge in [-0.05, 0) is 18.6 Å². The van der Waals surface area contributed by atoms with Crippen LogP contribution in [0.25, 0.3) is 0 Å². The van der Waals surface area contributed by atoms with Crippen molar-refractivity contribution in [2.45, 2.75) is 12.5 Å². The molecule has 6 nitrogen and oxygen atoms in total. The molecule has 0 aromatic heterocycles. The number of methoxy groups -OCH3 is 1. The number of anilines is 1. The topological polar surface area (TPSA) is 93.8 Å². The molecule has 0 aliphatic rings. The van der Waals surface area contributed by atoms with E-state index in [1.807, 2.05) is 0 Å². The van der Waals surface area contributed by atoms with E-state index < -0.39 is 0 Å². The van der Waals surface area contributed by atoms with E-state index in [1.54, 1.807) is 24.3 Å². The van der Waals surface area contributed by atoms with Gasteiger partial charge in [0.25, 0.3) is 5.91 Å². The molecule has 0 bridgehead atoms. The van der Waals surface area contributed by atoms with Crippen LogP contribution in [-0.4, -0.2) is 44.0 Å². The number of carbonyl (C=O) groups excluding carboxylic acids is 1. The zero-order chi connectivity index (χ0) is 14.1. The molecule has 0 fully saturated rings. The Bertz CT molecular complexity index is 392. The second kappa shape index (κ2) is 8.34. The molecule has 106 valence electrons. The number of aliphatic hydroxyl groups excluding tert-OH is 1. The smallest absolute Gasteiger partial charge is 0.258 e. The summed E-state index contributed by atoms with van der Waals surface area (Å²) in [5.74, 6) is 0.196. The minimum Gasteiger partial charge on any atom is -0.482 e. The molecule has 1 aromatic rings. The van der Waals surface area contributed by atoms with E-state index in [2.05, 4.69) is 5.32 Å². The monoisotopic (exact) mass is 268 g/mol. The van der Waals surface area contributed by atoms with Crippen LogP contribution in [0.1, 0.15) is 6.42 Å². The molecule has 1 rings (SSSR count). The van der Waals surface area contributed by atoms with Crippen molar-refractivity contribution < 1.29 is 19.4 Å². The number of carbonyl (C=O) groups is 1. The van der Waals surface area contributed by atoms with Crippen LogP contribution in [0.15, 0.2) is 24.3 Å². The highest BCUT2D eigenvalue weighted by Crippen LogP contribution is 2.19. The molecule has 4 N–H and O–H groups in total. The largest absolute Gasteiger partial charge is 0.482 e. The van der Waals surface area contributed by atoms with Crippen LogP contribution in [-0.2, 0) is 9.53 Å². The lowest BCUT2D eigenvalue weighted by Crippen LogP contribution is -2.41. The van der Waals surface area contributed by atoms with Gasteiger partial charge in [0.15, 0.2) is 6.61 Å². The number of hydrogen-bond acceptors (Lipinski definition) is 5. The van der Waals surface area contributed by atoms with Gasteiger partial charge in [-0.1, -0.05) is 12.1 Å². The number of aliphatic hydroxyl groups is 1. The molecule has 1 amide bonds. The maximum atomic E-state index is 11.7. The summed E-state index contributed by atoms with van der Waals surface area (Å²) in [6, 6.07) is 6.75. The van der Waals surface area contributed by atoms with Crippen LogP contribution >= 0.6 is 0 Å². The third-order valence-corrected chi connectivity index (χ3v) is 2.49. The first-order chi connectivity index (χ1) is 9.17. The van der Waals surface area contributed by atoms with Gasteiger partial charge in [0.1, 0.15) is 5.75 Å². The minimum absolute atomic E-state index is 0.0131. The molecule has 19 heavy (non-hydrogen) atoms. The van der Waals surface area contributed by atoms with Crippen molar-refractivity contribution >= 4 is 11.6 Å². The molecule has 0 aliphatic carbocycles. The highest BCUT2D eigenvalue weighted by molar-refractivity contribution is 5.78. The third kappa shape index (κ3) is 5.58. The van der Waals surface area contributed by atoms with E-state index in [1.165, 1.54) is 7.11 Å². The number of nitrogens with one attached hydrogen (secondary N) is 1. The van der Waals surface area contributed by atoms with Gasteiger partial charge in [0, 0.05) is 13.7 Å². The summed E-state index contributed by atoms with van der Waals surface area (Å²) in [6.07, 6.45) is 0.438. The first-order valence-corrected chi connectivity index (χ1v) is 6.03. The van der Waals surface area contributed by atoms with E-state index in [9.17, 15) is 4.79 Å². The maximum absolute atomic E-state index is 11.7. The lowest BCUT2D eigenvalue weighted by atomic mass is 10.2. The van der Waals surface area contributed by atoms with Crippen molar-refractivity contribution in [3.8, 4) is 5.75 Å². The molecule has 1 atom stereocenters. The zero-order valence-electron chi connectivity index (χ0n) is 11.0. The Balaban J connectivity index is 2.40. The van der Waals surface area contributed by atoms with E-state index in [4.69, 9.17) is 20.3 Å². The Morgan fingerprint density at radius 2 is 2.21 bits per heavy atom. The summed E-state index contributed by atoms with van der Waals surface area (Å²) in [5, 5.41) is 11.6. The molecular weight excluding hydrogens is 248 g/mol. The summed E-state index contributed by atoms with van der Waals surface area (Å²) >= 11 is 0. The fraction of sp³-hybridized carbons (Fsp3) is 0.462. The molecule has 0 saturated carbocycles. The normalized spacial score (nSPS) is 11.9. The van der Waals surface area contributed by atoms with Crippen LogP contribution in [0, 0.1) is 0 Å². The van der Waals surface area contributed by atoms with Crippen LogP contribution in [0.3, 0.4) is 0 Å². The predicted octanol–water partition coefficient (Wildman–Crippen LogP) is 0.161. The van der Waals surface area contributed by atoms with Gasteiger partial charge in [-0.15, -0.1) is 0 Å². The summed E-state index contributed by atoms with van der Waals surface area (Å²) in [5.41, 5.74) is 6.18. The predicted molar refractivity (Wildman–Crippen MR) is 71.9 cm³/mol. The molecule has 0 saturated heterocycles. The Morgan fingerprint density at radius 1 is 1.47 bits per heavy atom. The number of hydrogen-bond donors (Lipinski definition) is 3. The second-order valence-electron chi connectivity index (χ2n) is 4.06. The fourth-order valence-electron chi connectivity index (χ4n) is 1.58. The van der Waals surface area contributed by atoms with Gasteiger partial charge >= 0.3 is 0 Å². The lowest BCUT2D eigenvalue weighted by Gasteiger charge is -2.17. The minimum atomic E-state index is -0.279. The van der Waals surface area contributed by atoms with E-state index >= 15 is 0 Å². The average Bonchev–Trinajstić information content (AvgIpc) is 2.38. The molecule has 0 spiro atoms. The maximum Gasteiger partial charge on any atom is 0.258 e. The Morgan fingerprint density at radius 3 is 2.84 bits per heavy atom. The number of ether oxygens (including phenoxy) is 2. The first kappa shape index (κ1) is 15.3. The quantitative estimate of drug-likeness (QED) is 0.584. The summed E-state index contributed by atoms with van der Waals surface area (Å²) in [7, 11) is 1.54. The number of amides is 1. The molecule has 1 unspecified atom stereocenters. The third-order valence-electron chi connectivity index (χ3n) is 2.49. The Hall–Kier alpha value is -1.79. The average molecular weight is 268 g/mol. The molecule has 0 heterocycles. The van der Waals surface area contributed by atoms with E-state index in [-0.39, 0.29) is 25.2 Å².